The molecule has 0 spiro atoms. The molecule has 0 saturated carbocycles. The van der Waals surface area contributed by atoms with Crippen molar-refractivity contribution in [1.82, 2.24) is 0 Å². The quantitative estimate of drug-likeness (QED) is 0.806. The van der Waals surface area contributed by atoms with E-state index in [1.165, 1.54) is 11.8 Å². The van der Waals surface area contributed by atoms with E-state index in [0.29, 0.717) is 10.7 Å². The lowest BCUT2D eigenvalue weighted by atomic mass is 10.1. The zero-order chi connectivity index (χ0) is 17.5. The monoisotopic (exact) mass is 362 g/mol. The molecule has 24 heavy (non-hydrogen) atoms. The van der Waals surface area contributed by atoms with Crippen molar-refractivity contribution in [2.45, 2.75) is 13.8 Å². The number of hydrogen-bond donors (Lipinski definition) is 2. The van der Waals surface area contributed by atoms with E-state index in [9.17, 15) is 9.59 Å². The van der Waals surface area contributed by atoms with E-state index in [0.717, 1.165) is 16.8 Å². The maximum absolute atomic E-state index is 12.0. The van der Waals surface area contributed by atoms with Crippen molar-refractivity contribution < 1.29 is 9.59 Å². The Morgan fingerprint density at radius 2 is 1.58 bits per heavy atom. The minimum Gasteiger partial charge on any atom is -0.325 e. The summed E-state index contributed by atoms with van der Waals surface area (Å²) in [6.45, 7) is 3.97. The number of hydrogen-bond acceptors (Lipinski definition) is 3. The average Bonchev–Trinajstić information content (AvgIpc) is 2.54. The van der Waals surface area contributed by atoms with E-state index >= 15 is 0 Å². The van der Waals surface area contributed by atoms with Crippen molar-refractivity contribution in [3.05, 3.63) is 58.6 Å². The molecule has 6 heteroatoms. The van der Waals surface area contributed by atoms with Gasteiger partial charge in [-0.3, -0.25) is 9.59 Å². The van der Waals surface area contributed by atoms with Crippen molar-refractivity contribution in [3.63, 3.8) is 0 Å². The molecule has 0 saturated heterocycles. The standard InChI is InChI=1S/C18H19ClN2O2S/c1-12-4-3-5-16(13(12)2)21-18(23)11-24-10-17(22)20-15-8-6-14(19)7-9-15/h3-9H,10-11H2,1-2H3,(H,20,22)(H,21,23). The molecule has 0 aliphatic carbocycles. The third-order valence-electron chi connectivity index (χ3n) is 3.47. The second-order valence-electron chi connectivity index (χ2n) is 5.34. The number of thioether (sulfide) groups is 1. The summed E-state index contributed by atoms with van der Waals surface area (Å²) in [6.07, 6.45) is 0. The molecule has 0 unspecified atom stereocenters. The van der Waals surface area contributed by atoms with Crippen LogP contribution in [0.2, 0.25) is 5.02 Å². The van der Waals surface area contributed by atoms with Gasteiger partial charge in [0.05, 0.1) is 11.5 Å². The van der Waals surface area contributed by atoms with Crippen molar-refractivity contribution in [2.75, 3.05) is 22.1 Å². The molecule has 0 aliphatic rings. The maximum Gasteiger partial charge on any atom is 0.234 e. The Morgan fingerprint density at radius 3 is 2.25 bits per heavy atom. The fourth-order valence-electron chi connectivity index (χ4n) is 2.04. The highest BCUT2D eigenvalue weighted by atomic mass is 35.5. The highest BCUT2D eigenvalue weighted by molar-refractivity contribution is 8.00. The molecule has 2 N–H and O–H groups in total. The van der Waals surface area contributed by atoms with Crippen LogP contribution in [0.4, 0.5) is 11.4 Å². The van der Waals surface area contributed by atoms with Crippen LogP contribution in [0.5, 0.6) is 0 Å². The van der Waals surface area contributed by atoms with Gasteiger partial charge >= 0.3 is 0 Å². The van der Waals surface area contributed by atoms with Gasteiger partial charge in [-0.2, -0.15) is 0 Å². The number of amides is 2. The van der Waals surface area contributed by atoms with Crippen molar-refractivity contribution in [1.29, 1.82) is 0 Å². The summed E-state index contributed by atoms with van der Waals surface area (Å²) in [5.74, 6) is 0.166. The first kappa shape index (κ1) is 18.4. The summed E-state index contributed by atoms with van der Waals surface area (Å²) >= 11 is 7.06. The average molecular weight is 363 g/mol. The minimum absolute atomic E-state index is 0.118. The molecular weight excluding hydrogens is 344 g/mol. The summed E-state index contributed by atoms with van der Waals surface area (Å²) in [4.78, 5) is 23.8. The smallest absolute Gasteiger partial charge is 0.234 e. The van der Waals surface area contributed by atoms with Gasteiger partial charge in [0, 0.05) is 16.4 Å². The van der Waals surface area contributed by atoms with E-state index in [-0.39, 0.29) is 23.3 Å². The van der Waals surface area contributed by atoms with Gasteiger partial charge in [0.1, 0.15) is 0 Å². The Morgan fingerprint density at radius 1 is 0.958 bits per heavy atom. The van der Waals surface area contributed by atoms with Crippen LogP contribution in [-0.2, 0) is 9.59 Å². The first-order valence-electron chi connectivity index (χ1n) is 7.45. The van der Waals surface area contributed by atoms with E-state index in [1.54, 1.807) is 24.3 Å². The summed E-state index contributed by atoms with van der Waals surface area (Å²) in [5.41, 5.74) is 3.68. The predicted molar refractivity (Wildman–Crippen MR) is 102 cm³/mol. The van der Waals surface area contributed by atoms with E-state index in [1.807, 2.05) is 32.0 Å². The number of anilines is 2. The molecule has 0 aliphatic heterocycles. The molecule has 4 nitrogen and oxygen atoms in total. The van der Waals surface area contributed by atoms with E-state index in [4.69, 9.17) is 11.6 Å². The largest absolute Gasteiger partial charge is 0.325 e. The van der Waals surface area contributed by atoms with Crippen LogP contribution >= 0.6 is 23.4 Å². The van der Waals surface area contributed by atoms with Crippen molar-refractivity contribution in [3.8, 4) is 0 Å². The number of carbonyl (C=O) groups is 2. The summed E-state index contributed by atoms with van der Waals surface area (Å²) < 4.78 is 0. The molecular formula is C18H19ClN2O2S. The van der Waals surface area contributed by atoms with Crippen LogP contribution < -0.4 is 10.6 Å². The first-order chi connectivity index (χ1) is 11.5. The molecule has 2 amide bonds. The number of aryl methyl sites for hydroxylation is 1. The van der Waals surface area contributed by atoms with Gasteiger partial charge < -0.3 is 10.6 Å². The Hall–Kier alpha value is -1.98. The third kappa shape index (κ3) is 5.58. The Labute approximate surface area is 151 Å². The summed E-state index contributed by atoms with van der Waals surface area (Å²) in [5, 5.41) is 6.25. The predicted octanol–water partition coefficient (Wildman–Crippen LogP) is 4.27. The van der Waals surface area contributed by atoms with Crippen LogP contribution in [0, 0.1) is 13.8 Å². The summed E-state index contributed by atoms with van der Waals surface area (Å²) in [7, 11) is 0. The fraction of sp³-hybridized carbons (Fsp3) is 0.222. The Kier molecular flexibility index (Phi) is 6.70. The number of benzene rings is 2. The Balaban J connectivity index is 1.75. The molecule has 0 atom stereocenters. The molecule has 0 fully saturated rings. The van der Waals surface area contributed by atoms with Crippen LogP contribution in [0.15, 0.2) is 42.5 Å². The van der Waals surface area contributed by atoms with Gasteiger partial charge in [-0.25, -0.2) is 0 Å². The lowest BCUT2D eigenvalue weighted by Gasteiger charge is -2.10. The number of rotatable bonds is 6. The summed E-state index contributed by atoms with van der Waals surface area (Å²) in [6, 6.07) is 12.7. The number of carbonyl (C=O) groups excluding carboxylic acids is 2. The minimum atomic E-state index is -0.151. The highest BCUT2D eigenvalue weighted by Gasteiger charge is 2.08. The second kappa shape index (κ2) is 8.76. The fourth-order valence-corrected chi connectivity index (χ4v) is 2.78. The van der Waals surface area contributed by atoms with Crippen molar-refractivity contribution in [2.24, 2.45) is 0 Å². The molecule has 2 aromatic rings. The van der Waals surface area contributed by atoms with Crippen LogP contribution in [0.25, 0.3) is 0 Å². The zero-order valence-corrected chi connectivity index (χ0v) is 15.1. The van der Waals surface area contributed by atoms with E-state index in [2.05, 4.69) is 10.6 Å². The van der Waals surface area contributed by atoms with Gasteiger partial charge in [0.15, 0.2) is 0 Å². The molecule has 0 heterocycles. The lowest BCUT2D eigenvalue weighted by Crippen LogP contribution is -2.18. The lowest BCUT2D eigenvalue weighted by molar-refractivity contribution is -0.114. The van der Waals surface area contributed by atoms with Crippen LogP contribution in [0.1, 0.15) is 11.1 Å². The van der Waals surface area contributed by atoms with Crippen molar-refractivity contribution >= 4 is 46.6 Å². The van der Waals surface area contributed by atoms with Crippen LogP contribution in [0.3, 0.4) is 0 Å². The first-order valence-corrected chi connectivity index (χ1v) is 8.98. The molecule has 0 aromatic heterocycles. The van der Waals surface area contributed by atoms with Gasteiger partial charge in [-0.1, -0.05) is 23.7 Å². The van der Waals surface area contributed by atoms with Gasteiger partial charge in [0.25, 0.3) is 0 Å². The van der Waals surface area contributed by atoms with Gasteiger partial charge in [-0.05, 0) is 55.3 Å². The molecule has 126 valence electrons. The maximum atomic E-state index is 12.0. The number of halogens is 1. The zero-order valence-electron chi connectivity index (χ0n) is 13.6. The highest BCUT2D eigenvalue weighted by Crippen LogP contribution is 2.18. The normalized spacial score (nSPS) is 10.3. The Bertz CT molecular complexity index is 732. The molecule has 2 aromatic carbocycles. The van der Waals surface area contributed by atoms with Gasteiger partial charge in [0.2, 0.25) is 11.8 Å². The SMILES string of the molecule is Cc1cccc(NC(=O)CSCC(=O)Nc2ccc(Cl)cc2)c1C. The molecule has 0 bridgehead atoms. The second-order valence-corrected chi connectivity index (χ2v) is 6.77. The topological polar surface area (TPSA) is 58.2 Å². The van der Waals surface area contributed by atoms with E-state index < -0.39 is 0 Å². The molecule has 0 radical (unpaired) electrons. The van der Waals surface area contributed by atoms with Crippen LogP contribution in [-0.4, -0.2) is 23.3 Å². The van der Waals surface area contributed by atoms with Gasteiger partial charge in [-0.15, -0.1) is 11.8 Å². The number of nitrogens with one attached hydrogen (secondary N) is 2. The third-order valence-corrected chi connectivity index (χ3v) is 4.66. The molecule has 2 rings (SSSR count).